The average Bonchev–Trinajstić information content (AvgIpc) is 3.43. The number of carbonyl (C=O) groups excluding carboxylic acids is 3. The van der Waals surface area contributed by atoms with Crippen LogP contribution in [0.2, 0.25) is 0 Å². The molecule has 0 unspecified atom stereocenters. The third kappa shape index (κ3) is 4.40. The minimum absolute atomic E-state index is 0.0527. The zero-order valence-electron chi connectivity index (χ0n) is 19.8. The number of nitrogens with one attached hydrogen (secondary N) is 3. The molecule has 182 valence electrons. The summed E-state index contributed by atoms with van der Waals surface area (Å²) < 4.78 is 6.76. The van der Waals surface area contributed by atoms with Crippen LogP contribution in [0, 0.1) is 5.92 Å². The van der Waals surface area contributed by atoms with Crippen LogP contribution < -0.4 is 10.6 Å². The predicted molar refractivity (Wildman–Crippen MR) is 126 cm³/mol. The Morgan fingerprint density at radius 1 is 1.26 bits per heavy atom. The van der Waals surface area contributed by atoms with Crippen LogP contribution in [-0.4, -0.2) is 94.8 Å². The van der Waals surface area contributed by atoms with E-state index in [1.165, 1.54) is 7.11 Å². The molecule has 3 aromatic heterocycles. The van der Waals surface area contributed by atoms with Gasteiger partial charge in [0.1, 0.15) is 5.65 Å². The van der Waals surface area contributed by atoms with Crippen LogP contribution in [-0.2, 0) is 14.3 Å². The highest BCUT2D eigenvalue weighted by Crippen LogP contribution is 2.35. The van der Waals surface area contributed by atoms with Gasteiger partial charge in [0, 0.05) is 58.6 Å². The third-order valence-electron chi connectivity index (χ3n) is 6.17. The lowest BCUT2D eigenvalue weighted by atomic mass is 9.93. The number of nitrogens with zero attached hydrogens (tertiary/aromatic N) is 5. The molecule has 12 nitrogen and oxygen atoms in total. The number of amides is 4. The number of aromatic amines is 1. The van der Waals surface area contributed by atoms with Crippen LogP contribution in [0.3, 0.4) is 0 Å². The van der Waals surface area contributed by atoms with E-state index in [0.29, 0.717) is 30.7 Å². The van der Waals surface area contributed by atoms with Crippen molar-refractivity contribution in [2.75, 3.05) is 52.8 Å². The van der Waals surface area contributed by atoms with Gasteiger partial charge in [0.05, 0.1) is 23.6 Å². The molecule has 1 aliphatic heterocycles. The first kappa shape index (κ1) is 23.5. The van der Waals surface area contributed by atoms with Crippen molar-refractivity contribution in [3.8, 4) is 0 Å². The van der Waals surface area contributed by atoms with Gasteiger partial charge < -0.3 is 30.2 Å². The van der Waals surface area contributed by atoms with E-state index in [1.807, 2.05) is 15.6 Å². The summed E-state index contributed by atoms with van der Waals surface area (Å²) in [7, 11) is 4.98. The van der Waals surface area contributed by atoms with Gasteiger partial charge in [-0.15, -0.1) is 0 Å². The summed E-state index contributed by atoms with van der Waals surface area (Å²) in [5.74, 6) is -1.11. The number of hydrogen-bond acceptors (Lipinski definition) is 6. The minimum Gasteiger partial charge on any atom is -0.383 e. The number of hydrogen-bond donors (Lipinski definition) is 3. The Hall–Kier alpha value is -3.67. The summed E-state index contributed by atoms with van der Waals surface area (Å²) >= 11 is 0. The Morgan fingerprint density at radius 2 is 2.06 bits per heavy atom. The molecule has 0 saturated carbocycles. The van der Waals surface area contributed by atoms with Crippen LogP contribution in [0.25, 0.3) is 21.9 Å². The smallest absolute Gasteiger partial charge is 0.319 e. The first-order chi connectivity index (χ1) is 16.3. The molecule has 0 bridgehead atoms. The molecule has 1 fully saturated rings. The molecule has 34 heavy (non-hydrogen) atoms. The molecule has 4 heterocycles. The zero-order chi connectivity index (χ0) is 24.4. The standard InChI is InChI=1S/C22H30N8O4/c1-13-6-9-29(22(33)28(2)3)12-16(13)30-17-14-5-7-23-18(14)25-11-15(17)19(27-30)26-21(32)20(31)24-8-10-34-4/h5,7,11,13,16H,6,8-10,12H2,1-4H3,(H,23,25)(H,24,31)(H,26,27,32)/t13-,16+/m1/s1. The van der Waals surface area contributed by atoms with E-state index >= 15 is 0 Å². The van der Waals surface area contributed by atoms with E-state index in [4.69, 9.17) is 9.84 Å². The molecule has 3 aromatic rings. The van der Waals surface area contributed by atoms with Crippen LogP contribution >= 0.6 is 0 Å². The van der Waals surface area contributed by atoms with E-state index in [9.17, 15) is 14.4 Å². The number of fused-ring (bicyclic) bond motifs is 3. The number of ether oxygens (including phenoxy) is 1. The fourth-order valence-electron chi connectivity index (χ4n) is 4.29. The van der Waals surface area contributed by atoms with Gasteiger partial charge in [-0.1, -0.05) is 6.92 Å². The number of pyridine rings is 1. The lowest BCUT2D eigenvalue weighted by molar-refractivity contribution is -0.136. The summed E-state index contributed by atoms with van der Waals surface area (Å²) in [6.45, 7) is 3.80. The van der Waals surface area contributed by atoms with Crippen molar-refractivity contribution in [2.45, 2.75) is 19.4 Å². The predicted octanol–water partition coefficient (Wildman–Crippen LogP) is 1.18. The SMILES string of the molecule is COCCNC(=O)C(=O)Nc1nn([C@H]2CN(C(=O)N(C)C)CC[C@H]2C)c2c1cnc1[nH]ccc12. The minimum atomic E-state index is -0.821. The van der Waals surface area contributed by atoms with Gasteiger partial charge in [0.25, 0.3) is 0 Å². The molecular weight excluding hydrogens is 440 g/mol. The normalized spacial score (nSPS) is 18.3. The van der Waals surface area contributed by atoms with Gasteiger partial charge in [0.15, 0.2) is 5.82 Å². The van der Waals surface area contributed by atoms with Gasteiger partial charge in [-0.3, -0.25) is 14.3 Å². The topological polar surface area (TPSA) is 137 Å². The lowest BCUT2D eigenvalue weighted by Gasteiger charge is -2.38. The fraction of sp³-hybridized carbons (Fsp3) is 0.500. The average molecular weight is 471 g/mol. The van der Waals surface area contributed by atoms with Gasteiger partial charge in [-0.25, -0.2) is 9.78 Å². The largest absolute Gasteiger partial charge is 0.383 e. The molecule has 0 aromatic carbocycles. The molecule has 0 aliphatic carbocycles. The van der Waals surface area contributed by atoms with Crippen LogP contribution in [0.4, 0.5) is 10.6 Å². The molecule has 0 spiro atoms. The van der Waals surface area contributed by atoms with Crippen molar-refractivity contribution in [3.63, 3.8) is 0 Å². The molecule has 3 N–H and O–H groups in total. The Balaban J connectivity index is 1.72. The number of likely N-dealkylation sites (tertiary alicyclic amines) is 1. The second kappa shape index (κ2) is 9.67. The van der Waals surface area contributed by atoms with Gasteiger partial charge in [0.2, 0.25) is 0 Å². The number of rotatable bonds is 5. The van der Waals surface area contributed by atoms with E-state index in [1.54, 1.807) is 31.4 Å². The van der Waals surface area contributed by atoms with Crippen molar-refractivity contribution >= 4 is 45.6 Å². The van der Waals surface area contributed by atoms with E-state index in [0.717, 1.165) is 17.3 Å². The molecule has 12 heteroatoms. The van der Waals surface area contributed by atoms with Crippen LogP contribution in [0.1, 0.15) is 19.4 Å². The first-order valence-corrected chi connectivity index (χ1v) is 11.2. The quantitative estimate of drug-likeness (QED) is 0.378. The number of methoxy groups -OCH3 is 1. The maximum Gasteiger partial charge on any atom is 0.319 e. The lowest BCUT2D eigenvalue weighted by Crippen LogP contribution is -2.47. The number of H-pyrrole nitrogens is 1. The molecular formula is C22H30N8O4. The maximum absolute atomic E-state index is 12.6. The molecule has 4 amide bonds. The van der Waals surface area contributed by atoms with E-state index < -0.39 is 11.8 Å². The molecule has 1 saturated heterocycles. The van der Waals surface area contributed by atoms with E-state index in [-0.39, 0.29) is 30.4 Å². The summed E-state index contributed by atoms with van der Waals surface area (Å²) in [4.78, 5) is 48.3. The van der Waals surface area contributed by atoms with Crippen molar-refractivity contribution in [2.24, 2.45) is 5.92 Å². The second-order valence-electron chi connectivity index (χ2n) is 8.71. The molecule has 0 radical (unpaired) electrons. The van der Waals surface area contributed by atoms with Crippen LogP contribution in [0.5, 0.6) is 0 Å². The number of aromatic nitrogens is 4. The van der Waals surface area contributed by atoms with Crippen molar-refractivity contribution < 1.29 is 19.1 Å². The summed E-state index contributed by atoms with van der Waals surface area (Å²) in [6, 6.07) is 1.73. The highest BCUT2D eigenvalue weighted by molar-refractivity contribution is 6.40. The third-order valence-corrected chi connectivity index (χ3v) is 6.17. The van der Waals surface area contributed by atoms with Crippen LogP contribution in [0.15, 0.2) is 18.5 Å². The van der Waals surface area contributed by atoms with Crippen molar-refractivity contribution in [1.82, 2.24) is 34.9 Å². The summed E-state index contributed by atoms with van der Waals surface area (Å²) in [6.07, 6.45) is 4.24. The Labute approximate surface area is 196 Å². The number of carbonyl (C=O) groups is 3. The van der Waals surface area contributed by atoms with Crippen molar-refractivity contribution in [1.29, 1.82) is 0 Å². The summed E-state index contributed by atoms with van der Waals surface area (Å²) in [5.41, 5.74) is 1.48. The second-order valence-corrected chi connectivity index (χ2v) is 8.71. The van der Waals surface area contributed by atoms with Gasteiger partial charge >= 0.3 is 17.8 Å². The van der Waals surface area contributed by atoms with Gasteiger partial charge in [-0.2, -0.15) is 5.10 Å². The first-order valence-electron chi connectivity index (χ1n) is 11.2. The number of urea groups is 1. The van der Waals surface area contributed by atoms with Crippen molar-refractivity contribution in [3.05, 3.63) is 18.5 Å². The Bertz CT molecular complexity index is 1220. The summed E-state index contributed by atoms with van der Waals surface area (Å²) in [5, 5.41) is 11.3. The number of anilines is 1. The highest BCUT2D eigenvalue weighted by atomic mass is 16.5. The maximum atomic E-state index is 12.6. The Morgan fingerprint density at radius 3 is 2.79 bits per heavy atom. The highest BCUT2D eigenvalue weighted by Gasteiger charge is 2.33. The van der Waals surface area contributed by atoms with Gasteiger partial charge in [-0.05, 0) is 18.4 Å². The molecule has 2 atom stereocenters. The zero-order valence-corrected chi connectivity index (χ0v) is 19.8. The number of piperidine rings is 1. The Kier molecular flexibility index (Phi) is 6.68. The molecule has 1 aliphatic rings. The fourth-order valence-corrected chi connectivity index (χ4v) is 4.29. The molecule has 4 rings (SSSR count). The van der Waals surface area contributed by atoms with E-state index in [2.05, 4.69) is 27.5 Å². The monoisotopic (exact) mass is 470 g/mol.